The van der Waals surface area contributed by atoms with Crippen LogP contribution in [0.15, 0.2) is 51.9 Å². The van der Waals surface area contributed by atoms with E-state index in [1.165, 1.54) is 4.90 Å². The molecule has 4 rings (SSSR count). The first-order valence-electron chi connectivity index (χ1n) is 9.55. The Labute approximate surface area is 205 Å². The number of fused-ring (bicyclic) bond motifs is 1. The van der Waals surface area contributed by atoms with Crippen molar-refractivity contribution in [3.8, 4) is 0 Å². The van der Waals surface area contributed by atoms with Gasteiger partial charge in [0.1, 0.15) is 0 Å². The summed E-state index contributed by atoms with van der Waals surface area (Å²) < 4.78 is 65.1. The molecule has 2 atom stereocenters. The third kappa shape index (κ3) is 5.50. The van der Waals surface area contributed by atoms with E-state index in [-0.39, 0.29) is 39.0 Å². The first-order valence-corrected chi connectivity index (χ1v) is 13.5. The van der Waals surface area contributed by atoms with E-state index >= 15 is 0 Å². The maximum atomic E-state index is 13.3. The molecule has 0 saturated carbocycles. The minimum Gasteiger partial charge on any atom is -0.325 e. The van der Waals surface area contributed by atoms with E-state index in [1.807, 2.05) is 0 Å². The SMILES string of the molecule is O=C(CSC1=NC2CS(=O)(=O)CC2N1c1cc(C(F)(F)F)ccc1Cl)Nc1ccc(Br)cc1. The lowest BCUT2D eigenvalue weighted by atomic mass is 10.1. The van der Waals surface area contributed by atoms with Crippen LogP contribution < -0.4 is 10.2 Å². The molecule has 1 saturated heterocycles. The molecule has 33 heavy (non-hydrogen) atoms. The van der Waals surface area contributed by atoms with Crippen molar-refractivity contribution < 1.29 is 26.4 Å². The van der Waals surface area contributed by atoms with Gasteiger partial charge in [-0.2, -0.15) is 13.2 Å². The maximum absolute atomic E-state index is 13.3. The molecule has 0 spiro atoms. The van der Waals surface area contributed by atoms with Crippen LogP contribution in [0.2, 0.25) is 5.02 Å². The van der Waals surface area contributed by atoms with Gasteiger partial charge >= 0.3 is 6.18 Å². The Morgan fingerprint density at radius 3 is 2.58 bits per heavy atom. The van der Waals surface area contributed by atoms with Crippen molar-refractivity contribution in [1.29, 1.82) is 0 Å². The van der Waals surface area contributed by atoms with Gasteiger partial charge in [-0.3, -0.25) is 9.79 Å². The number of carbonyl (C=O) groups excluding carboxylic acids is 1. The second-order valence-corrected chi connectivity index (χ2v) is 11.9. The van der Waals surface area contributed by atoms with Crippen molar-refractivity contribution in [2.75, 3.05) is 27.5 Å². The van der Waals surface area contributed by atoms with Gasteiger partial charge in [0, 0.05) is 10.2 Å². The number of rotatable bonds is 4. The monoisotopic (exact) mass is 581 g/mol. The van der Waals surface area contributed by atoms with Crippen LogP contribution in [-0.4, -0.2) is 48.8 Å². The van der Waals surface area contributed by atoms with Crippen molar-refractivity contribution in [3.63, 3.8) is 0 Å². The van der Waals surface area contributed by atoms with Crippen molar-refractivity contribution in [2.24, 2.45) is 4.99 Å². The predicted octanol–water partition coefficient (Wildman–Crippen LogP) is 4.83. The van der Waals surface area contributed by atoms with Crippen molar-refractivity contribution in [2.45, 2.75) is 18.3 Å². The average Bonchev–Trinajstić information content (AvgIpc) is 3.19. The number of halogens is 5. The first kappa shape index (κ1) is 24.4. The quantitative estimate of drug-likeness (QED) is 0.559. The fourth-order valence-corrected chi connectivity index (χ4v) is 6.88. The number of nitrogens with zero attached hydrogens (tertiary/aromatic N) is 2. The van der Waals surface area contributed by atoms with Crippen LogP contribution in [0.5, 0.6) is 0 Å². The summed E-state index contributed by atoms with van der Waals surface area (Å²) >= 11 is 10.6. The average molecular weight is 583 g/mol. The fraction of sp³-hybridized carbons (Fsp3) is 0.300. The zero-order valence-electron chi connectivity index (χ0n) is 16.6. The number of hydrogen-bond acceptors (Lipinski definition) is 6. The lowest BCUT2D eigenvalue weighted by Crippen LogP contribution is -2.39. The van der Waals surface area contributed by atoms with Gasteiger partial charge in [-0.25, -0.2) is 8.42 Å². The first-order chi connectivity index (χ1) is 15.4. The molecule has 0 bridgehead atoms. The molecule has 2 aliphatic rings. The Hall–Kier alpha value is -1.76. The van der Waals surface area contributed by atoms with Crippen LogP contribution >= 0.6 is 39.3 Å². The number of alkyl halides is 3. The zero-order chi connectivity index (χ0) is 24.0. The molecule has 0 aromatic heterocycles. The number of sulfone groups is 1. The minimum atomic E-state index is -4.60. The number of aliphatic imine (C=N–C) groups is 1. The Morgan fingerprint density at radius 1 is 1.21 bits per heavy atom. The van der Waals surface area contributed by atoms with Crippen molar-refractivity contribution in [1.82, 2.24) is 0 Å². The summed E-state index contributed by atoms with van der Waals surface area (Å²) in [7, 11) is -3.40. The molecule has 0 aliphatic carbocycles. The topological polar surface area (TPSA) is 78.8 Å². The standard InChI is InChI=1S/C20H16BrClF3N3O3S2/c21-12-2-4-13(5-3-12)26-18(29)8-32-19-27-15-9-33(30,31)10-17(15)28(19)16-7-11(20(23,24)25)1-6-14(16)22/h1-7,15,17H,8-10H2,(H,26,29). The molecule has 13 heteroatoms. The summed E-state index contributed by atoms with van der Waals surface area (Å²) in [5, 5.41) is 3.01. The normalized spacial score (nSPS) is 21.6. The molecule has 2 unspecified atom stereocenters. The summed E-state index contributed by atoms with van der Waals surface area (Å²) in [4.78, 5) is 18.3. The molecule has 0 radical (unpaired) electrons. The summed E-state index contributed by atoms with van der Waals surface area (Å²) in [5.41, 5.74) is -0.322. The van der Waals surface area contributed by atoms with Gasteiger partial charge in [0.05, 0.1) is 45.6 Å². The molecule has 1 amide bonds. The third-order valence-corrected chi connectivity index (χ3v) is 8.61. The fourth-order valence-electron chi connectivity index (χ4n) is 3.65. The molecule has 2 aliphatic heterocycles. The predicted molar refractivity (Wildman–Crippen MR) is 128 cm³/mol. The molecule has 6 nitrogen and oxygen atoms in total. The summed E-state index contributed by atoms with van der Waals surface area (Å²) in [6.07, 6.45) is -4.60. The Kier molecular flexibility index (Phi) is 6.74. The van der Waals surface area contributed by atoms with E-state index in [1.54, 1.807) is 24.3 Å². The minimum absolute atomic E-state index is 0.00987. The second kappa shape index (κ2) is 9.12. The van der Waals surface area contributed by atoms with Gasteiger partial charge in [-0.15, -0.1) is 0 Å². The van der Waals surface area contributed by atoms with E-state index < -0.39 is 33.7 Å². The third-order valence-electron chi connectivity index (χ3n) is 5.10. The van der Waals surface area contributed by atoms with Gasteiger partial charge in [0.15, 0.2) is 15.0 Å². The number of benzene rings is 2. The molecule has 2 heterocycles. The van der Waals surface area contributed by atoms with Crippen LogP contribution in [-0.2, 0) is 20.8 Å². The number of carbonyl (C=O) groups is 1. The number of thioether (sulfide) groups is 1. The highest BCUT2D eigenvalue weighted by atomic mass is 79.9. The van der Waals surface area contributed by atoms with Crippen molar-refractivity contribution >= 4 is 71.6 Å². The van der Waals surface area contributed by atoms with Gasteiger partial charge in [-0.1, -0.05) is 39.3 Å². The molecule has 2 aromatic carbocycles. The molecular formula is C20H16BrClF3N3O3S2. The second-order valence-electron chi connectivity index (χ2n) is 7.50. The summed E-state index contributed by atoms with van der Waals surface area (Å²) in [5.74, 6) is -0.887. The number of amides is 1. The van der Waals surface area contributed by atoms with E-state index in [0.717, 1.165) is 34.4 Å². The molecular weight excluding hydrogens is 567 g/mol. The van der Waals surface area contributed by atoms with E-state index in [2.05, 4.69) is 26.2 Å². The highest BCUT2D eigenvalue weighted by Gasteiger charge is 2.48. The van der Waals surface area contributed by atoms with E-state index in [0.29, 0.717) is 5.69 Å². The lowest BCUT2D eigenvalue weighted by molar-refractivity contribution is -0.137. The Morgan fingerprint density at radius 2 is 1.91 bits per heavy atom. The zero-order valence-corrected chi connectivity index (χ0v) is 20.6. The van der Waals surface area contributed by atoms with Crippen LogP contribution in [0.1, 0.15) is 5.56 Å². The van der Waals surface area contributed by atoms with Gasteiger partial charge in [0.2, 0.25) is 5.91 Å². The number of hydrogen-bond donors (Lipinski definition) is 1. The van der Waals surface area contributed by atoms with Gasteiger partial charge in [-0.05, 0) is 42.5 Å². The van der Waals surface area contributed by atoms with Crippen LogP contribution in [0.4, 0.5) is 24.5 Å². The molecule has 1 N–H and O–H groups in total. The van der Waals surface area contributed by atoms with Gasteiger partial charge in [0.25, 0.3) is 0 Å². The largest absolute Gasteiger partial charge is 0.416 e. The number of amidine groups is 1. The van der Waals surface area contributed by atoms with Crippen LogP contribution in [0.3, 0.4) is 0 Å². The molecule has 1 fully saturated rings. The maximum Gasteiger partial charge on any atom is 0.416 e. The molecule has 176 valence electrons. The van der Waals surface area contributed by atoms with Crippen LogP contribution in [0, 0.1) is 0 Å². The smallest absolute Gasteiger partial charge is 0.325 e. The van der Waals surface area contributed by atoms with Gasteiger partial charge < -0.3 is 10.2 Å². The highest BCUT2D eigenvalue weighted by molar-refractivity contribution is 9.10. The number of nitrogens with one attached hydrogen (secondary N) is 1. The lowest BCUT2D eigenvalue weighted by Gasteiger charge is -2.28. The van der Waals surface area contributed by atoms with Crippen molar-refractivity contribution in [3.05, 3.63) is 57.5 Å². The van der Waals surface area contributed by atoms with E-state index in [9.17, 15) is 26.4 Å². The molecule has 2 aromatic rings. The highest BCUT2D eigenvalue weighted by Crippen LogP contribution is 2.41. The number of anilines is 2. The Balaban J connectivity index is 1.58. The van der Waals surface area contributed by atoms with Crippen LogP contribution in [0.25, 0.3) is 0 Å². The Bertz CT molecular complexity index is 1220. The van der Waals surface area contributed by atoms with E-state index in [4.69, 9.17) is 11.6 Å². The summed E-state index contributed by atoms with van der Waals surface area (Å²) in [6.45, 7) is 0. The summed E-state index contributed by atoms with van der Waals surface area (Å²) in [6, 6.07) is 8.50.